The number of amides is 2. The summed E-state index contributed by atoms with van der Waals surface area (Å²) in [4.78, 5) is 25.3. The number of ether oxygens (including phenoxy) is 1. The van der Waals surface area contributed by atoms with E-state index in [4.69, 9.17) is 4.74 Å². The summed E-state index contributed by atoms with van der Waals surface area (Å²) in [6.07, 6.45) is 0.194. The van der Waals surface area contributed by atoms with Crippen LogP contribution in [-0.2, 0) is 17.9 Å². The van der Waals surface area contributed by atoms with E-state index in [1.807, 2.05) is 49.6 Å². The Labute approximate surface area is 174 Å². The Bertz CT molecular complexity index is 951. The van der Waals surface area contributed by atoms with Crippen molar-refractivity contribution in [3.8, 4) is 0 Å². The van der Waals surface area contributed by atoms with Crippen LogP contribution in [0.3, 0.4) is 0 Å². The molecule has 3 rings (SSSR count). The number of benzene rings is 2. The third kappa shape index (κ3) is 6.27. The second-order valence-electron chi connectivity index (χ2n) is 6.87. The summed E-state index contributed by atoms with van der Waals surface area (Å²) in [7, 11) is 0. The minimum atomic E-state index is -0.190. The lowest BCUT2D eigenvalue weighted by atomic mass is 10.1. The van der Waals surface area contributed by atoms with Gasteiger partial charge in [0.25, 0.3) is 11.8 Å². The molecule has 0 aliphatic heterocycles. The quantitative estimate of drug-likeness (QED) is 0.560. The summed E-state index contributed by atoms with van der Waals surface area (Å²) in [5.41, 5.74) is 3.19. The molecule has 0 aliphatic carbocycles. The van der Waals surface area contributed by atoms with Gasteiger partial charge in [-0.1, -0.05) is 36.4 Å². The van der Waals surface area contributed by atoms with Crippen molar-refractivity contribution in [1.29, 1.82) is 0 Å². The fraction of sp³-hybridized carbons (Fsp3) is 0.217. The maximum atomic E-state index is 12.5. The molecule has 29 heavy (non-hydrogen) atoms. The van der Waals surface area contributed by atoms with Crippen LogP contribution in [0.5, 0.6) is 0 Å². The van der Waals surface area contributed by atoms with Gasteiger partial charge in [-0.15, -0.1) is 11.3 Å². The molecule has 0 radical (unpaired) electrons. The molecule has 2 amide bonds. The van der Waals surface area contributed by atoms with Crippen molar-refractivity contribution in [1.82, 2.24) is 5.32 Å². The first-order chi connectivity index (χ1) is 14.0. The van der Waals surface area contributed by atoms with Crippen molar-refractivity contribution in [3.63, 3.8) is 0 Å². The minimum Gasteiger partial charge on any atom is -0.374 e. The van der Waals surface area contributed by atoms with Crippen LogP contribution in [0.15, 0.2) is 66.0 Å². The van der Waals surface area contributed by atoms with Crippen molar-refractivity contribution < 1.29 is 14.3 Å². The molecule has 0 aliphatic rings. The normalized spacial score (nSPS) is 10.7. The molecule has 0 saturated carbocycles. The molecule has 1 aromatic heterocycles. The van der Waals surface area contributed by atoms with E-state index in [1.165, 1.54) is 11.3 Å². The largest absolute Gasteiger partial charge is 0.374 e. The van der Waals surface area contributed by atoms with Gasteiger partial charge in [0.05, 0.1) is 17.6 Å². The topological polar surface area (TPSA) is 67.4 Å². The first-order valence-electron chi connectivity index (χ1n) is 9.44. The molecule has 1 heterocycles. The zero-order valence-electron chi connectivity index (χ0n) is 16.5. The highest BCUT2D eigenvalue weighted by atomic mass is 32.1. The average Bonchev–Trinajstić information content (AvgIpc) is 3.26. The molecule has 0 saturated heterocycles. The zero-order chi connectivity index (χ0) is 20.6. The summed E-state index contributed by atoms with van der Waals surface area (Å²) in [5.74, 6) is -0.372. The highest BCUT2D eigenvalue weighted by molar-refractivity contribution is 7.12. The van der Waals surface area contributed by atoms with Crippen LogP contribution in [0.2, 0.25) is 0 Å². The number of nitrogens with one attached hydrogen (secondary N) is 2. The maximum absolute atomic E-state index is 12.5. The van der Waals surface area contributed by atoms with Gasteiger partial charge in [-0.05, 0) is 54.6 Å². The molecule has 0 fully saturated rings. The Balaban J connectivity index is 1.55. The lowest BCUT2D eigenvalue weighted by Crippen LogP contribution is -2.23. The number of hydrogen-bond donors (Lipinski definition) is 2. The van der Waals surface area contributed by atoms with Gasteiger partial charge in [0.1, 0.15) is 0 Å². The van der Waals surface area contributed by atoms with Crippen LogP contribution in [0.25, 0.3) is 0 Å². The van der Waals surface area contributed by atoms with Gasteiger partial charge in [-0.3, -0.25) is 9.59 Å². The smallest absolute Gasteiger partial charge is 0.265 e. The lowest BCUT2D eigenvalue weighted by Gasteiger charge is -2.10. The van der Waals surface area contributed by atoms with E-state index < -0.39 is 0 Å². The highest BCUT2D eigenvalue weighted by Gasteiger charge is 2.10. The average molecular weight is 409 g/mol. The summed E-state index contributed by atoms with van der Waals surface area (Å²) in [6, 6.07) is 18.5. The molecule has 0 unspecified atom stereocenters. The van der Waals surface area contributed by atoms with Crippen LogP contribution >= 0.6 is 11.3 Å². The molecule has 3 aromatic rings. The minimum absolute atomic E-state index is 0.181. The monoisotopic (exact) mass is 408 g/mol. The van der Waals surface area contributed by atoms with Crippen LogP contribution in [-0.4, -0.2) is 17.9 Å². The first kappa shape index (κ1) is 20.8. The van der Waals surface area contributed by atoms with Crippen molar-refractivity contribution >= 4 is 28.8 Å². The Morgan fingerprint density at radius 1 is 0.966 bits per heavy atom. The third-order valence-electron chi connectivity index (χ3n) is 4.19. The lowest BCUT2D eigenvalue weighted by molar-refractivity contribution is 0.0657. The zero-order valence-corrected chi connectivity index (χ0v) is 17.3. The van der Waals surface area contributed by atoms with Gasteiger partial charge in [-0.25, -0.2) is 0 Å². The van der Waals surface area contributed by atoms with E-state index in [2.05, 4.69) is 10.6 Å². The van der Waals surface area contributed by atoms with E-state index in [0.29, 0.717) is 29.3 Å². The third-order valence-corrected chi connectivity index (χ3v) is 5.06. The van der Waals surface area contributed by atoms with Crippen molar-refractivity contribution in [2.24, 2.45) is 0 Å². The molecule has 0 spiro atoms. The molecule has 6 heteroatoms. The molecule has 5 nitrogen and oxygen atoms in total. The number of thiophene rings is 1. The Kier molecular flexibility index (Phi) is 7.16. The van der Waals surface area contributed by atoms with Crippen molar-refractivity contribution in [3.05, 3.63) is 87.6 Å². The van der Waals surface area contributed by atoms with E-state index in [-0.39, 0.29) is 17.9 Å². The fourth-order valence-corrected chi connectivity index (χ4v) is 3.26. The van der Waals surface area contributed by atoms with Crippen LogP contribution in [0.4, 0.5) is 5.69 Å². The molecule has 0 bridgehead atoms. The Morgan fingerprint density at radius 3 is 2.41 bits per heavy atom. The number of carbonyl (C=O) groups is 2. The standard InChI is InChI=1S/C23H24N2O3S/c1-16(2)28-15-18-10-8-17(9-11-18)14-24-22(26)19-5-3-6-20(13-19)25-23(27)21-7-4-12-29-21/h3-13,16H,14-15H2,1-2H3,(H,24,26)(H,25,27). The highest BCUT2D eigenvalue weighted by Crippen LogP contribution is 2.15. The molecule has 150 valence electrons. The maximum Gasteiger partial charge on any atom is 0.265 e. The predicted molar refractivity (Wildman–Crippen MR) is 116 cm³/mol. The van der Waals surface area contributed by atoms with E-state index >= 15 is 0 Å². The molecular formula is C23H24N2O3S. The van der Waals surface area contributed by atoms with Gasteiger partial charge in [0.15, 0.2) is 0 Å². The second kappa shape index (κ2) is 10.0. The summed E-state index contributed by atoms with van der Waals surface area (Å²) >= 11 is 1.37. The van der Waals surface area contributed by atoms with E-state index in [0.717, 1.165) is 11.1 Å². The number of carbonyl (C=O) groups excluding carboxylic acids is 2. The number of rotatable bonds is 8. The van der Waals surface area contributed by atoms with Crippen molar-refractivity contribution in [2.75, 3.05) is 5.32 Å². The molecule has 2 aromatic carbocycles. The van der Waals surface area contributed by atoms with Gasteiger partial charge < -0.3 is 15.4 Å². The number of anilines is 1. The van der Waals surface area contributed by atoms with E-state index in [1.54, 1.807) is 30.3 Å². The number of hydrogen-bond acceptors (Lipinski definition) is 4. The predicted octanol–water partition coefficient (Wildman–Crippen LogP) is 4.86. The van der Waals surface area contributed by atoms with Gasteiger partial charge in [-0.2, -0.15) is 0 Å². The SMILES string of the molecule is CC(C)OCc1ccc(CNC(=O)c2cccc(NC(=O)c3cccs3)c2)cc1. The summed E-state index contributed by atoms with van der Waals surface area (Å²) in [6.45, 7) is 5.02. The van der Waals surface area contributed by atoms with Gasteiger partial charge >= 0.3 is 0 Å². The van der Waals surface area contributed by atoms with Gasteiger partial charge in [0, 0.05) is 17.8 Å². The molecule has 2 N–H and O–H groups in total. The molecular weight excluding hydrogens is 384 g/mol. The summed E-state index contributed by atoms with van der Waals surface area (Å²) < 4.78 is 5.59. The van der Waals surface area contributed by atoms with Crippen LogP contribution in [0.1, 0.15) is 45.0 Å². The second-order valence-corrected chi connectivity index (χ2v) is 7.82. The fourth-order valence-electron chi connectivity index (χ4n) is 2.64. The Morgan fingerprint density at radius 2 is 1.72 bits per heavy atom. The molecule has 0 atom stereocenters. The van der Waals surface area contributed by atoms with Crippen molar-refractivity contribution in [2.45, 2.75) is 33.1 Å². The van der Waals surface area contributed by atoms with E-state index in [9.17, 15) is 9.59 Å². The summed E-state index contributed by atoms with van der Waals surface area (Å²) in [5, 5.41) is 7.58. The Hall–Kier alpha value is -2.96. The van der Waals surface area contributed by atoms with Crippen LogP contribution < -0.4 is 10.6 Å². The van der Waals surface area contributed by atoms with Gasteiger partial charge in [0.2, 0.25) is 0 Å². The first-order valence-corrected chi connectivity index (χ1v) is 10.3. The van der Waals surface area contributed by atoms with Crippen LogP contribution in [0, 0.1) is 0 Å².